The maximum Gasteiger partial charge on any atom is 0.238 e. The van der Waals surface area contributed by atoms with Crippen molar-refractivity contribution in [2.45, 2.75) is 32.4 Å². The van der Waals surface area contributed by atoms with E-state index in [2.05, 4.69) is 11.2 Å². The molecule has 0 spiro atoms. The van der Waals surface area contributed by atoms with Gasteiger partial charge in [0.2, 0.25) is 5.91 Å². The average molecular weight is 198 g/mol. The van der Waals surface area contributed by atoms with Gasteiger partial charge in [0.05, 0.1) is 6.04 Å². The second-order valence-electron chi connectivity index (χ2n) is 3.47. The molecule has 4 N–H and O–H groups in total. The fraction of sp³-hybridized carbons (Fsp3) is 0.700. The van der Waals surface area contributed by atoms with Crippen LogP contribution < -0.4 is 11.1 Å². The number of amides is 1. The number of rotatable bonds is 5. The molecule has 0 saturated heterocycles. The van der Waals surface area contributed by atoms with Gasteiger partial charge in [0, 0.05) is 19.1 Å². The maximum absolute atomic E-state index is 11.4. The second-order valence-corrected chi connectivity index (χ2v) is 3.47. The lowest BCUT2D eigenvalue weighted by atomic mass is 10.0. The number of hydrogen-bond donors (Lipinski definition) is 3. The molecule has 0 rings (SSSR count). The molecular weight excluding hydrogens is 180 g/mol. The highest BCUT2D eigenvalue weighted by atomic mass is 16.3. The van der Waals surface area contributed by atoms with Crippen molar-refractivity contribution in [1.82, 2.24) is 5.32 Å². The molecule has 0 aliphatic carbocycles. The van der Waals surface area contributed by atoms with E-state index in [0.717, 1.165) is 0 Å². The van der Waals surface area contributed by atoms with Gasteiger partial charge in [0.25, 0.3) is 0 Å². The molecule has 4 nitrogen and oxygen atoms in total. The van der Waals surface area contributed by atoms with Crippen molar-refractivity contribution in [2.75, 3.05) is 6.61 Å². The number of aliphatic hydroxyl groups excluding tert-OH is 1. The smallest absolute Gasteiger partial charge is 0.238 e. The summed E-state index contributed by atoms with van der Waals surface area (Å²) >= 11 is 0. The van der Waals surface area contributed by atoms with Crippen LogP contribution in [-0.4, -0.2) is 29.7 Å². The van der Waals surface area contributed by atoms with E-state index in [1.807, 2.05) is 13.8 Å². The molecule has 0 fully saturated rings. The van der Waals surface area contributed by atoms with Crippen LogP contribution in [0.4, 0.5) is 0 Å². The predicted octanol–water partition coefficient (Wildman–Crippen LogP) is -0.530. The van der Waals surface area contributed by atoms with Gasteiger partial charge in [-0.25, -0.2) is 0 Å². The lowest BCUT2D eigenvalue weighted by Gasteiger charge is -2.20. The van der Waals surface area contributed by atoms with Crippen LogP contribution in [0.15, 0.2) is 0 Å². The van der Waals surface area contributed by atoms with Crippen LogP contribution in [0.3, 0.4) is 0 Å². The zero-order valence-electron chi connectivity index (χ0n) is 8.66. The Morgan fingerprint density at radius 3 is 2.64 bits per heavy atom. The average Bonchev–Trinajstić information content (AvgIpc) is 2.16. The summed E-state index contributed by atoms with van der Waals surface area (Å²) in [7, 11) is 0. The molecule has 80 valence electrons. The Balaban J connectivity index is 4.00. The minimum atomic E-state index is -0.659. The number of aliphatic hydroxyl groups is 1. The van der Waals surface area contributed by atoms with E-state index in [9.17, 15) is 4.79 Å². The molecule has 3 atom stereocenters. The molecule has 3 unspecified atom stereocenters. The van der Waals surface area contributed by atoms with Gasteiger partial charge in [-0.15, -0.1) is 12.3 Å². The van der Waals surface area contributed by atoms with Crippen LogP contribution >= 0.6 is 0 Å². The summed E-state index contributed by atoms with van der Waals surface area (Å²) in [4.78, 5) is 11.4. The first-order chi connectivity index (χ1) is 6.52. The van der Waals surface area contributed by atoms with Crippen molar-refractivity contribution in [2.24, 2.45) is 11.7 Å². The first-order valence-electron chi connectivity index (χ1n) is 4.63. The lowest BCUT2D eigenvalue weighted by molar-refractivity contribution is -0.123. The van der Waals surface area contributed by atoms with Gasteiger partial charge in [-0.1, -0.05) is 6.92 Å². The Bertz CT molecular complexity index is 223. The number of hydrogen-bond acceptors (Lipinski definition) is 3. The zero-order valence-corrected chi connectivity index (χ0v) is 8.66. The van der Waals surface area contributed by atoms with Gasteiger partial charge < -0.3 is 16.2 Å². The summed E-state index contributed by atoms with van der Waals surface area (Å²) in [6.45, 7) is 3.70. The Morgan fingerprint density at radius 1 is 1.64 bits per heavy atom. The van der Waals surface area contributed by atoms with Crippen LogP contribution in [0.25, 0.3) is 0 Å². The molecule has 0 aromatic heterocycles. The third-order valence-electron chi connectivity index (χ3n) is 2.19. The number of nitrogens with two attached hydrogens (primary N) is 1. The number of nitrogens with one attached hydrogen (secondary N) is 1. The van der Waals surface area contributed by atoms with E-state index >= 15 is 0 Å². The topological polar surface area (TPSA) is 75.4 Å². The quantitative estimate of drug-likeness (QED) is 0.520. The second kappa shape index (κ2) is 6.41. The Hall–Kier alpha value is -1.05. The normalized spacial score (nSPS) is 16.5. The van der Waals surface area contributed by atoms with E-state index in [4.69, 9.17) is 17.3 Å². The van der Waals surface area contributed by atoms with Crippen molar-refractivity contribution in [3.63, 3.8) is 0 Å². The maximum atomic E-state index is 11.4. The summed E-state index contributed by atoms with van der Waals surface area (Å²) in [5.74, 6) is 2.07. The summed E-state index contributed by atoms with van der Waals surface area (Å²) < 4.78 is 0. The van der Waals surface area contributed by atoms with Crippen molar-refractivity contribution in [3.05, 3.63) is 0 Å². The van der Waals surface area contributed by atoms with Gasteiger partial charge in [-0.2, -0.15) is 0 Å². The fourth-order valence-electron chi connectivity index (χ4n) is 0.851. The third-order valence-corrected chi connectivity index (χ3v) is 2.19. The molecule has 0 aromatic rings. The predicted molar refractivity (Wildman–Crippen MR) is 55.3 cm³/mol. The van der Waals surface area contributed by atoms with Crippen molar-refractivity contribution < 1.29 is 9.90 Å². The fourth-order valence-corrected chi connectivity index (χ4v) is 0.851. The van der Waals surface area contributed by atoms with Crippen LogP contribution in [-0.2, 0) is 4.79 Å². The van der Waals surface area contributed by atoms with E-state index in [1.165, 1.54) is 0 Å². The first-order valence-corrected chi connectivity index (χ1v) is 4.63. The molecule has 0 heterocycles. The van der Waals surface area contributed by atoms with Crippen LogP contribution in [0.1, 0.15) is 20.3 Å². The minimum absolute atomic E-state index is 0.0111. The standard InChI is InChI=1S/C10H18N2O2/c1-4-5-9(11)10(14)12-8(3)7(2)6-13/h1,7-9,13H,5-6,11H2,2-3H3,(H,12,14). The SMILES string of the molecule is C#CCC(N)C(=O)NC(C)C(C)CO. The molecule has 1 amide bonds. The van der Waals surface area contributed by atoms with E-state index in [0.29, 0.717) is 0 Å². The van der Waals surface area contributed by atoms with Crippen LogP contribution in [0, 0.1) is 18.3 Å². The molecule has 0 aliphatic heterocycles. The molecule has 0 bridgehead atoms. The van der Waals surface area contributed by atoms with Crippen molar-refractivity contribution in [3.8, 4) is 12.3 Å². The molecule has 0 radical (unpaired) electrons. The largest absolute Gasteiger partial charge is 0.396 e. The summed E-state index contributed by atoms with van der Waals surface area (Å²) in [5.41, 5.74) is 5.50. The first kappa shape index (κ1) is 12.9. The zero-order chi connectivity index (χ0) is 11.1. The summed E-state index contributed by atoms with van der Waals surface area (Å²) in [6, 6.07) is -0.760. The van der Waals surface area contributed by atoms with Crippen molar-refractivity contribution >= 4 is 5.91 Å². The van der Waals surface area contributed by atoms with Gasteiger partial charge in [0.15, 0.2) is 0 Å². The Morgan fingerprint density at radius 2 is 2.21 bits per heavy atom. The highest BCUT2D eigenvalue weighted by Crippen LogP contribution is 2.01. The van der Waals surface area contributed by atoms with Gasteiger partial charge >= 0.3 is 0 Å². The third kappa shape index (κ3) is 4.26. The summed E-state index contributed by atoms with van der Waals surface area (Å²) in [6.07, 6.45) is 5.26. The molecule has 0 aliphatic rings. The Kier molecular flexibility index (Phi) is 5.93. The molecular formula is C10H18N2O2. The monoisotopic (exact) mass is 198 g/mol. The van der Waals surface area contributed by atoms with Gasteiger partial charge in [-0.05, 0) is 12.8 Å². The molecule has 14 heavy (non-hydrogen) atoms. The van der Waals surface area contributed by atoms with Crippen LogP contribution in [0.2, 0.25) is 0 Å². The number of carbonyl (C=O) groups is 1. The lowest BCUT2D eigenvalue weighted by Crippen LogP contribution is -2.46. The van der Waals surface area contributed by atoms with E-state index in [-0.39, 0.29) is 30.9 Å². The van der Waals surface area contributed by atoms with E-state index < -0.39 is 6.04 Å². The van der Waals surface area contributed by atoms with E-state index in [1.54, 1.807) is 0 Å². The molecule has 0 aromatic carbocycles. The van der Waals surface area contributed by atoms with Gasteiger partial charge in [0.1, 0.15) is 0 Å². The molecule has 4 heteroatoms. The molecule has 0 saturated carbocycles. The minimum Gasteiger partial charge on any atom is -0.396 e. The summed E-state index contributed by atoms with van der Waals surface area (Å²) in [5, 5.41) is 11.5. The Labute approximate surface area is 84.9 Å². The number of carbonyl (C=O) groups excluding carboxylic acids is 1. The van der Waals surface area contributed by atoms with Crippen LogP contribution in [0.5, 0.6) is 0 Å². The van der Waals surface area contributed by atoms with Crippen molar-refractivity contribution in [1.29, 1.82) is 0 Å². The highest BCUT2D eigenvalue weighted by molar-refractivity contribution is 5.82. The number of terminal acetylenes is 1. The highest BCUT2D eigenvalue weighted by Gasteiger charge is 2.17. The van der Waals surface area contributed by atoms with Gasteiger partial charge in [-0.3, -0.25) is 4.79 Å².